The van der Waals surface area contributed by atoms with E-state index in [0.717, 1.165) is 0 Å². The molecule has 0 aliphatic heterocycles. The zero-order chi connectivity index (χ0) is 13.7. The molecular weight excluding hydrogens is 258 g/mol. The Morgan fingerprint density at radius 1 is 1.56 bits per heavy atom. The molecule has 6 nitrogen and oxygen atoms in total. The van der Waals surface area contributed by atoms with Crippen LogP contribution in [-0.2, 0) is 0 Å². The summed E-state index contributed by atoms with van der Waals surface area (Å²) in [5.41, 5.74) is -0.103. The maximum atomic E-state index is 11.0. The minimum absolute atomic E-state index is 0.00843. The summed E-state index contributed by atoms with van der Waals surface area (Å²) in [6.07, 6.45) is 0.492. The number of hydrogen-bond donors (Lipinski definition) is 2. The summed E-state index contributed by atoms with van der Waals surface area (Å²) in [6, 6.07) is 3.65. The van der Waals surface area contributed by atoms with E-state index in [1.807, 2.05) is 6.92 Å². The molecule has 0 spiro atoms. The standard InChI is InChI=1S/C11H13NO5S/c1-7(4-5-13)18-10-6-8(12(16)17)2-3-9(10)11(14)15/h2-3,6-7,13H,4-5H2,1H3,(H,14,15). The minimum Gasteiger partial charge on any atom is -0.478 e. The van der Waals surface area contributed by atoms with Crippen LogP contribution >= 0.6 is 11.8 Å². The lowest BCUT2D eigenvalue weighted by molar-refractivity contribution is -0.385. The van der Waals surface area contributed by atoms with Crippen molar-refractivity contribution in [2.75, 3.05) is 6.61 Å². The monoisotopic (exact) mass is 271 g/mol. The van der Waals surface area contributed by atoms with Crippen molar-refractivity contribution in [2.45, 2.75) is 23.5 Å². The van der Waals surface area contributed by atoms with Gasteiger partial charge >= 0.3 is 5.97 Å². The molecule has 0 aliphatic rings. The molecule has 18 heavy (non-hydrogen) atoms. The van der Waals surface area contributed by atoms with Crippen molar-refractivity contribution in [1.29, 1.82) is 0 Å². The molecule has 0 aliphatic carbocycles. The largest absolute Gasteiger partial charge is 0.478 e. The molecule has 1 atom stereocenters. The third-order valence-corrected chi connectivity index (χ3v) is 3.50. The predicted molar refractivity (Wildman–Crippen MR) is 67.1 cm³/mol. The number of carboxylic acids is 1. The van der Waals surface area contributed by atoms with Crippen LogP contribution in [0.15, 0.2) is 23.1 Å². The lowest BCUT2D eigenvalue weighted by Gasteiger charge is -2.11. The highest BCUT2D eigenvalue weighted by molar-refractivity contribution is 8.00. The normalized spacial score (nSPS) is 12.1. The summed E-state index contributed by atoms with van der Waals surface area (Å²) in [5.74, 6) is -1.12. The summed E-state index contributed by atoms with van der Waals surface area (Å²) >= 11 is 1.21. The van der Waals surface area contributed by atoms with Crippen LogP contribution in [0, 0.1) is 10.1 Å². The van der Waals surface area contributed by atoms with E-state index in [4.69, 9.17) is 10.2 Å². The number of nitro benzene ring substituents is 1. The average Bonchev–Trinajstić information content (AvgIpc) is 2.28. The first-order chi connectivity index (χ1) is 8.45. The second-order valence-corrected chi connectivity index (χ2v) is 5.16. The predicted octanol–water partition coefficient (Wildman–Crippen LogP) is 2.16. The number of rotatable bonds is 6. The van der Waals surface area contributed by atoms with Crippen molar-refractivity contribution in [2.24, 2.45) is 0 Å². The summed E-state index contributed by atoms with van der Waals surface area (Å²) in [6.45, 7) is 1.82. The average molecular weight is 271 g/mol. The number of thioether (sulfide) groups is 1. The molecule has 7 heteroatoms. The molecule has 1 unspecified atom stereocenters. The van der Waals surface area contributed by atoms with Crippen molar-refractivity contribution < 1.29 is 19.9 Å². The van der Waals surface area contributed by atoms with Gasteiger partial charge in [-0.1, -0.05) is 6.92 Å². The molecular formula is C11H13NO5S. The molecule has 0 amide bonds. The molecule has 98 valence electrons. The van der Waals surface area contributed by atoms with Crippen LogP contribution in [0.2, 0.25) is 0 Å². The van der Waals surface area contributed by atoms with Gasteiger partial charge in [-0.2, -0.15) is 0 Å². The molecule has 0 fully saturated rings. The van der Waals surface area contributed by atoms with E-state index in [2.05, 4.69) is 0 Å². The fourth-order valence-corrected chi connectivity index (χ4v) is 2.48. The number of nitro groups is 1. The highest BCUT2D eigenvalue weighted by atomic mass is 32.2. The fraction of sp³-hybridized carbons (Fsp3) is 0.364. The highest BCUT2D eigenvalue weighted by Gasteiger charge is 2.17. The van der Waals surface area contributed by atoms with Gasteiger partial charge in [0.05, 0.1) is 10.5 Å². The van der Waals surface area contributed by atoms with Crippen LogP contribution in [-0.4, -0.2) is 33.0 Å². The SMILES string of the molecule is CC(CCO)Sc1cc([N+](=O)[O-])ccc1C(=O)O. The van der Waals surface area contributed by atoms with Crippen LogP contribution in [0.5, 0.6) is 0 Å². The zero-order valence-electron chi connectivity index (χ0n) is 9.70. The quantitative estimate of drug-likeness (QED) is 0.467. The third-order valence-electron chi connectivity index (χ3n) is 2.27. The Balaban J connectivity index is 3.07. The molecule has 0 radical (unpaired) electrons. The molecule has 0 saturated carbocycles. The van der Waals surface area contributed by atoms with Gasteiger partial charge in [-0.15, -0.1) is 11.8 Å². The summed E-state index contributed by atoms with van der Waals surface area (Å²) < 4.78 is 0. The molecule has 0 aromatic heterocycles. The van der Waals surface area contributed by atoms with Crippen molar-refractivity contribution in [3.8, 4) is 0 Å². The summed E-state index contributed by atoms with van der Waals surface area (Å²) in [7, 11) is 0. The first-order valence-corrected chi connectivity index (χ1v) is 6.13. The number of hydrogen-bond acceptors (Lipinski definition) is 5. The number of aliphatic hydroxyl groups excluding tert-OH is 1. The Labute approximate surface area is 108 Å². The van der Waals surface area contributed by atoms with Crippen molar-refractivity contribution >= 4 is 23.4 Å². The van der Waals surface area contributed by atoms with Gasteiger partial charge in [0, 0.05) is 28.9 Å². The Hall–Kier alpha value is -1.60. The van der Waals surface area contributed by atoms with Crippen LogP contribution in [0.25, 0.3) is 0 Å². The number of benzene rings is 1. The van der Waals surface area contributed by atoms with E-state index >= 15 is 0 Å². The number of nitrogens with zero attached hydrogens (tertiary/aromatic N) is 1. The lowest BCUT2D eigenvalue weighted by atomic mass is 10.2. The van der Waals surface area contributed by atoms with Gasteiger partial charge in [0.25, 0.3) is 5.69 Å². The maximum Gasteiger partial charge on any atom is 0.336 e. The number of carboxylic acid groups (broad SMARTS) is 1. The molecule has 1 aromatic rings. The third kappa shape index (κ3) is 3.71. The number of carbonyl (C=O) groups is 1. The second kappa shape index (κ2) is 6.36. The molecule has 0 saturated heterocycles. The van der Waals surface area contributed by atoms with E-state index < -0.39 is 10.9 Å². The Kier molecular flexibility index (Phi) is 5.11. The van der Waals surface area contributed by atoms with E-state index in [0.29, 0.717) is 11.3 Å². The van der Waals surface area contributed by atoms with Crippen LogP contribution in [0.4, 0.5) is 5.69 Å². The van der Waals surface area contributed by atoms with Gasteiger partial charge in [0.15, 0.2) is 0 Å². The van der Waals surface area contributed by atoms with Crippen molar-refractivity contribution in [3.63, 3.8) is 0 Å². The number of non-ortho nitro benzene ring substituents is 1. The lowest BCUT2D eigenvalue weighted by Crippen LogP contribution is -2.04. The number of aliphatic hydroxyl groups is 1. The van der Waals surface area contributed by atoms with Crippen LogP contribution in [0.3, 0.4) is 0 Å². The van der Waals surface area contributed by atoms with Crippen LogP contribution < -0.4 is 0 Å². The van der Waals surface area contributed by atoms with E-state index in [1.165, 1.54) is 30.0 Å². The zero-order valence-corrected chi connectivity index (χ0v) is 10.5. The van der Waals surface area contributed by atoms with Gasteiger partial charge < -0.3 is 10.2 Å². The smallest absolute Gasteiger partial charge is 0.336 e. The van der Waals surface area contributed by atoms with Crippen LogP contribution in [0.1, 0.15) is 23.7 Å². The molecule has 1 aromatic carbocycles. The first kappa shape index (κ1) is 14.5. The van der Waals surface area contributed by atoms with Gasteiger partial charge in [-0.05, 0) is 12.5 Å². The van der Waals surface area contributed by atoms with E-state index in [9.17, 15) is 14.9 Å². The summed E-state index contributed by atoms with van der Waals surface area (Å²) in [4.78, 5) is 21.4. The van der Waals surface area contributed by atoms with Crippen molar-refractivity contribution in [3.05, 3.63) is 33.9 Å². The van der Waals surface area contributed by atoms with Gasteiger partial charge in [0.1, 0.15) is 0 Å². The van der Waals surface area contributed by atoms with Gasteiger partial charge in [0.2, 0.25) is 0 Å². The molecule has 2 N–H and O–H groups in total. The Morgan fingerprint density at radius 3 is 2.72 bits per heavy atom. The minimum atomic E-state index is -1.12. The fourth-order valence-electron chi connectivity index (χ4n) is 1.36. The molecule has 1 rings (SSSR count). The first-order valence-electron chi connectivity index (χ1n) is 5.25. The highest BCUT2D eigenvalue weighted by Crippen LogP contribution is 2.31. The van der Waals surface area contributed by atoms with E-state index in [1.54, 1.807) is 0 Å². The summed E-state index contributed by atoms with van der Waals surface area (Å²) in [5, 5.41) is 28.4. The second-order valence-electron chi connectivity index (χ2n) is 3.68. The molecule has 0 heterocycles. The molecule has 0 bridgehead atoms. The number of aromatic carboxylic acids is 1. The topological polar surface area (TPSA) is 101 Å². The van der Waals surface area contributed by atoms with Gasteiger partial charge in [-0.3, -0.25) is 10.1 Å². The van der Waals surface area contributed by atoms with Crippen molar-refractivity contribution in [1.82, 2.24) is 0 Å². The van der Waals surface area contributed by atoms with E-state index in [-0.39, 0.29) is 23.1 Å². The Morgan fingerprint density at radius 2 is 2.22 bits per heavy atom. The Bertz CT molecular complexity index is 463. The maximum absolute atomic E-state index is 11.0. The van der Waals surface area contributed by atoms with Gasteiger partial charge in [-0.25, -0.2) is 4.79 Å².